The Labute approximate surface area is 143 Å². The minimum atomic E-state index is -0.298. The van der Waals surface area contributed by atoms with Gasteiger partial charge < -0.3 is 9.64 Å². The zero-order valence-electron chi connectivity index (χ0n) is 13.5. The molecule has 0 saturated carbocycles. The Morgan fingerprint density at radius 3 is 2.67 bits per heavy atom. The standard InChI is InChI=1S/C18H17N3O2S/c1-11-19-16(15-7-8-24-17(15)20-11)21-9-14(10-21)12-3-5-13(6-4-12)18(22)23-2/h3-8,14H,9-10H2,1-2H3. The first-order valence-corrected chi connectivity index (χ1v) is 8.69. The van der Waals surface area contributed by atoms with Crippen LogP contribution < -0.4 is 4.90 Å². The molecule has 1 fully saturated rings. The summed E-state index contributed by atoms with van der Waals surface area (Å²) < 4.78 is 4.74. The molecule has 0 aliphatic carbocycles. The summed E-state index contributed by atoms with van der Waals surface area (Å²) in [6, 6.07) is 9.78. The molecule has 3 heterocycles. The van der Waals surface area contributed by atoms with Gasteiger partial charge in [-0.25, -0.2) is 14.8 Å². The van der Waals surface area contributed by atoms with Gasteiger partial charge in [-0.3, -0.25) is 0 Å². The summed E-state index contributed by atoms with van der Waals surface area (Å²) in [5.41, 5.74) is 1.83. The molecule has 0 radical (unpaired) electrons. The second kappa shape index (κ2) is 5.87. The number of carbonyl (C=O) groups is 1. The van der Waals surface area contributed by atoms with E-state index in [1.54, 1.807) is 11.3 Å². The molecule has 1 saturated heterocycles. The lowest BCUT2D eigenvalue weighted by molar-refractivity contribution is 0.0600. The number of esters is 1. The molecule has 6 heteroatoms. The number of rotatable bonds is 3. The minimum absolute atomic E-state index is 0.298. The molecule has 4 rings (SSSR count). The number of methoxy groups -OCH3 is 1. The van der Waals surface area contributed by atoms with Crippen molar-refractivity contribution in [2.24, 2.45) is 0 Å². The summed E-state index contributed by atoms with van der Waals surface area (Å²) >= 11 is 1.65. The van der Waals surface area contributed by atoms with Gasteiger partial charge in [0.1, 0.15) is 16.5 Å². The molecular weight excluding hydrogens is 322 g/mol. The number of hydrogen-bond acceptors (Lipinski definition) is 6. The first kappa shape index (κ1) is 15.1. The van der Waals surface area contributed by atoms with Crippen LogP contribution in [0, 0.1) is 6.92 Å². The molecule has 0 spiro atoms. The average molecular weight is 339 g/mol. The van der Waals surface area contributed by atoms with Crippen molar-refractivity contribution < 1.29 is 9.53 Å². The van der Waals surface area contributed by atoms with Crippen LogP contribution in [-0.2, 0) is 4.74 Å². The molecule has 0 bridgehead atoms. The Morgan fingerprint density at radius 1 is 1.21 bits per heavy atom. The Bertz CT molecular complexity index is 898. The Balaban J connectivity index is 1.51. The normalized spacial score (nSPS) is 14.7. The van der Waals surface area contributed by atoms with Gasteiger partial charge in [0.15, 0.2) is 0 Å². The summed E-state index contributed by atoms with van der Waals surface area (Å²) in [4.78, 5) is 24.0. The van der Waals surface area contributed by atoms with E-state index in [9.17, 15) is 4.79 Å². The Hall–Kier alpha value is -2.47. The van der Waals surface area contributed by atoms with Crippen LogP contribution in [0.4, 0.5) is 5.82 Å². The highest BCUT2D eigenvalue weighted by Crippen LogP contribution is 2.35. The molecule has 24 heavy (non-hydrogen) atoms. The monoisotopic (exact) mass is 339 g/mol. The van der Waals surface area contributed by atoms with Gasteiger partial charge in [-0.2, -0.15) is 0 Å². The molecule has 122 valence electrons. The third kappa shape index (κ3) is 2.53. The zero-order valence-corrected chi connectivity index (χ0v) is 14.3. The van der Waals surface area contributed by atoms with Crippen LogP contribution >= 0.6 is 11.3 Å². The smallest absolute Gasteiger partial charge is 0.337 e. The van der Waals surface area contributed by atoms with Crippen molar-refractivity contribution in [2.45, 2.75) is 12.8 Å². The molecule has 1 aliphatic rings. The number of thiophene rings is 1. The summed E-state index contributed by atoms with van der Waals surface area (Å²) in [6.07, 6.45) is 0. The summed E-state index contributed by atoms with van der Waals surface area (Å²) in [5.74, 6) is 2.00. The third-order valence-electron chi connectivity index (χ3n) is 4.40. The van der Waals surface area contributed by atoms with E-state index in [4.69, 9.17) is 4.74 Å². The highest BCUT2D eigenvalue weighted by atomic mass is 32.1. The lowest BCUT2D eigenvalue weighted by Crippen LogP contribution is -2.45. The predicted octanol–water partition coefficient (Wildman–Crippen LogP) is 3.39. The lowest BCUT2D eigenvalue weighted by Gasteiger charge is -2.40. The number of nitrogens with zero attached hydrogens (tertiary/aromatic N) is 3. The summed E-state index contributed by atoms with van der Waals surface area (Å²) in [5, 5.41) is 3.19. The van der Waals surface area contributed by atoms with Crippen molar-refractivity contribution in [3.05, 3.63) is 52.7 Å². The Morgan fingerprint density at radius 2 is 1.96 bits per heavy atom. The van der Waals surface area contributed by atoms with Crippen LogP contribution in [0.2, 0.25) is 0 Å². The van der Waals surface area contributed by atoms with Crippen LogP contribution in [-0.4, -0.2) is 36.1 Å². The van der Waals surface area contributed by atoms with Gasteiger partial charge in [0, 0.05) is 19.0 Å². The average Bonchev–Trinajstić information content (AvgIpc) is 3.01. The van der Waals surface area contributed by atoms with E-state index in [1.807, 2.05) is 31.2 Å². The first-order valence-electron chi connectivity index (χ1n) is 7.81. The number of fused-ring (bicyclic) bond motifs is 1. The number of benzene rings is 1. The molecule has 2 aromatic heterocycles. The topological polar surface area (TPSA) is 55.3 Å². The van der Waals surface area contributed by atoms with Gasteiger partial charge in [-0.05, 0) is 36.1 Å². The van der Waals surface area contributed by atoms with Gasteiger partial charge in [0.2, 0.25) is 0 Å². The maximum Gasteiger partial charge on any atom is 0.337 e. The minimum Gasteiger partial charge on any atom is -0.465 e. The van der Waals surface area contributed by atoms with Gasteiger partial charge in [0.25, 0.3) is 0 Å². The molecule has 5 nitrogen and oxygen atoms in total. The lowest BCUT2D eigenvalue weighted by atomic mass is 9.90. The summed E-state index contributed by atoms with van der Waals surface area (Å²) in [7, 11) is 1.40. The Kier molecular flexibility index (Phi) is 3.69. The van der Waals surface area contributed by atoms with Crippen molar-refractivity contribution in [1.82, 2.24) is 9.97 Å². The van der Waals surface area contributed by atoms with E-state index < -0.39 is 0 Å². The van der Waals surface area contributed by atoms with Crippen molar-refractivity contribution in [3.8, 4) is 0 Å². The van der Waals surface area contributed by atoms with E-state index >= 15 is 0 Å². The van der Waals surface area contributed by atoms with Gasteiger partial charge >= 0.3 is 5.97 Å². The van der Waals surface area contributed by atoms with Crippen LogP contribution in [0.3, 0.4) is 0 Å². The van der Waals surface area contributed by atoms with Gasteiger partial charge in [-0.15, -0.1) is 11.3 Å². The number of hydrogen-bond donors (Lipinski definition) is 0. The maximum atomic E-state index is 11.5. The van der Waals surface area contributed by atoms with Gasteiger partial charge in [0.05, 0.1) is 18.1 Å². The van der Waals surface area contributed by atoms with Crippen LogP contribution in [0.1, 0.15) is 27.7 Å². The third-order valence-corrected chi connectivity index (χ3v) is 5.21. The fourth-order valence-corrected chi connectivity index (χ4v) is 3.86. The van der Waals surface area contributed by atoms with Crippen LogP contribution in [0.25, 0.3) is 10.2 Å². The molecule has 0 atom stereocenters. The molecule has 0 N–H and O–H groups in total. The van der Waals surface area contributed by atoms with E-state index in [0.717, 1.165) is 34.9 Å². The highest BCUT2D eigenvalue weighted by Gasteiger charge is 2.30. The van der Waals surface area contributed by atoms with E-state index in [-0.39, 0.29) is 5.97 Å². The van der Waals surface area contributed by atoms with Crippen molar-refractivity contribution >= 4 is 33.3 Å². The molecule has 1 aliphatic heterocycles. The van der Waals surface area contributed by atoms with Crippen molar-refractivity contribution in [3.63, 3.8) is 0 Å². The summed E-state index contributed by atoms with van der Waals surface area (Å²) in [6.45, 7) is 3.80. The molecule has 0 unspecified atom stereocenters. The van der Waals surface area contributed by atoms with E-state index in [0.29, 0.717) is 11.5 Å². The zero-order chi connectivity index (χ0) is 16.7. The van der Waals surface area contributed by atoms with Crippen LogP contribution in [0.15, 0.2) is 35.7 Å². The second-order valence-corrected chi connectivity index (χ2v) is 6.84. The van der Waals surface area contributed by atoms with Crippen molar-refractivity contribution in [2.75, 3.05) is 25.1 Å². The number of carbonyl (C=O) groups excluding carboxylic acids is 1. The quantitative estimate of drug-likeness (QED) is 0.685. The van der Waals surface area contributed by atoms with Crippen LogP contribution in [0.5, 0.6) is 0 Å². The maximum absolute atomic E-state index is 11.5. The number of aryl methyl sites for hydroxylation is 1. The van der Waals surface area contributed by atoms with E-state index in [2.05, 4.69) is 26.3 Å². The van der Waals surface area contributed by atoms with Crippen molar-refractivity contribution in [1.29, 1.82) is 0 Å². The number of ether oxygens (including phenoxy) is 1. The molecule has 3 aromatic rings. The number of anilines is 1. The molecule has 1 aromatic carbocycles. The largest absolute Gasteiger partial charge is 0.465 e. The fraction of sp³-hybridized carbons (Fsp3) is 0.278. The first-order chi connectivity index (χ1) is 11.7. The SMILES string of the molecule is COC(=O)c1ccc(C2CN(c3nc(C)nc4sccc34)C2)cc1. The van der Waals surface area contributed by atoms with Gasteiger partial charge in [-0.1, -0.05) is 12.1 Å². The van der Waals surface area contributed by atoms with E-state index in [1.165, 1.54) is 12.7 Å². The highest BCUT2D eigenvalue weighted by molar-refractivity contribution is 7.16. The second-order valence-electron chi connectivity index (χ2n) is 5.95. The predicted molar refractivity (Wildman–Crippen MR) is 94.9 cm³/mol. The molecular formula is C18H17N3O2S. The number of aromatic nitrogens is 2. The fourth-order valence-electron chi connectivity index (χ4n) is 3.06. The molecule has 0 amide bonds.